The van der Waals surface area contributed by atoms with Crippen LogP contribution in [0.3, 0.4) is 0 Å². The van der Waals surface area contributed by atoms with Gasteiger partial charge in [-0.3, -0.25) is 19.4 Å². The van der Waals surface area contributed by atoms with E-state index in [4.69, 9.17) is 10.2 Å². The van der Waals surface area contributed by atoms with E-state index in [0.29, 0.717) is 29.5 Å². The van der Waals surface area contributed by atoms with Gasteiger partial charge in [-0.05, 0) is 36.8 Å². The number of carbonyl (C=O) groups is 3. The highest BCUT2D eigenvalue weighted by Gasteiger charge is 2.26. The topological polar surface area (TPSA) is 128 Å². The van der Waals surface area contributed by atoms with Crippen molar-refractivity contribution >= 4 is 17.6 Å². The molecule has 0 spiro atoms. The van der Waals surface area contributed by atoms with Crippen LogP contribution < -0.4 is 11.1 Å². The largest absolute Gasteiger partial charge is 0.433 e. The molecule has 3 N–H and O–H groups in total. The second kappa shape index (κ2) is 12.1. The fourth-order valence-corrected chi connectivity index (χ4v) is 5.28. The van der Waals surface area contributed by atoms with Gasteiger partial charge in [0.15, 0.2) is 5.76 Å². The number of amides is 2. The number of hydrogen-bond donors (Lipinski definition) is 2. The second-order valence-corrected chi connectivity index (χ2v) is 9.85. The minimum atomic E-state index is -0.693. The summed E-state index contributed by atoms with van der Waals surface area (Å²) in [6, 6.07) is 3.32. The number of nitrogens with one attached hydrogen (secondary N) is 1. The highest BCUT2D eigenvalue weighted by atomic mass is 16.4. The average Bonchev–Trinajstić information content (AvgIpc) is 3.31. The third-order valence-electron chi connectivity index (χ3n) is 7.21. The number of ketones is 1. The molecular weight excluding hydrogens is 444 g/mol. The average molecular weight is 480 g/mol. The molecular formula is C27H35N4O4. The van der Waals surface area contributed by atoms with Crippen LogP contribution in [-0.4, -0.2) is 34.1 Å². The first-order chi connectivity index (χ1) is 17.0. The number of aromatic nitrogens is 2. The first-order valence-electron chi connectivity index (χ1n) is 12.9. The van der Waals surface area contributed by atoms with E-state index in [2.05, 4.69) is 15.3 Å². The first kappa shape index (κ1) is 25.1. The van der Waals surface area contributed by atoms with Crippen LogP contribution in [0, 0.1) is 18.3 Å². The summed E-state index contributed by atoms with van der Waals surface area (Å²) in [5.41, 5.74) is 6.45. The summed E-state index contributed by atoms with van der Waals surface area (Å²) in [4.78, 5) is 46.0. The van der Waals surface area contributed by atoms with Crippen molar-refractivity contribution in [1.82, 2.24) is 15.3 Å². The molecule has 4 rings (SSSR count). The molecule has 2 aromatic rings. The lowest BCUT2D eigenvalue weighted by Crippen LogP contribution is -2.30. The number of pyridine rings is 1. The van der Waals surface area contributed by atoms with E-state index >= 15 is 0 Å². The minimum absolute atomic E-state index is 0.0441. The molecule has 0 aliphatic heterocycles. The third-order valence-corrected chi connectivity index (χ3v) is 7.21. The van der Waals surface area contributed by atoms with Crippen LogP contribution in [0.15, 0.2) is 22.7 Å². The molecule has 2 amide bonds. The maximum absolute atomic E-state index is 13.1. The van der Waals surface area contributed by atoms with Crippen molar-refractivity contribution < 1.29 is 18.8 Å². The number of oxazole rings is 1. The van der Waals surface area contributed by atoms with E-state index < -0.39 is 5.91 Å². The zero-order valence-corrected chi connectivity index (χ0v) is 20.3. The highest BCUT2D eigenvalue weighted by Crippen LogP contribution is 2.31. The Labute approximate surface area is 206 Å². The van der Waals surface area contributed by atoms with Gasteiger partial charge in [0.05, 0.1) is 17.8 Å². The molecule has 0 unspecified atom stereocenters. The van der Waals surface area contributed by atoms with Gasteiger partial charge in [0.2, 0.25) is 17.6 Å². The number of carbonyl (C=O) groups excluding carboxylic acids is 3. The van der Waals surface area contributed by atoms with Crippen LogP contribution in [0.2, 0.25) is 0 Å². The molecule has 0 aromatic carbocycles. The van der Waals surface area contributed by atoms with Gasteiger partial charge in [0, 0.05) is 12.6 Å². The maximum atomic E-state index is 13.1. The van der Waals surface area contributed by atoms with Crippen LogP contribution in [0.25, 0.3) is 11.5 Å². The molecule has 2 fully saturated rings. The molecule has 0 atom stereocenters. The molecule has 1 radical (unpaired) electrons. The van der Waals surface area contributed by atoms with Gasteiger partial charge in [-0.15, -0.1) is 0 Å². The lowest BCUT2D eigenvalue weighted by atomic mass is 9.85. The molecule has 2 aliphatic carbocycles. The Morgan fingerprint density at radius 2 is 1.71 bits per heavy atom. The molecule has 0 saturated heterocycles. The Bertz CT molecular complexity index is 1040. The predicted octanol–water partition coefficient (Wildman–Crippen LogP) is 4.43. The number of nitrogens with zero attached hydrogens (tertiary/aromatic N) is 2. The van der Waals surface area contributed by atoms with Crippen molar-refractivity contribution in [2.45, 2.75) is 77.0 Å². The standard InChI is InChI=1S/C27H35N4O4/c28-26(34)24-20(12-7-15-29-24)27-31-21(16-19-10-5-2-6-11-19)25(35-27)22(32)17-30-23(33)14-13-18-8-3-1-4-9-18/h7,12,14-15,18-19H,1-6,8-11,13,16-17H2,(H2,28,34)(H,30,33). The van der Waals surface area contributed by atoms with E-state index in [9.17, 15) is 14.4 Å². The van der Waals surface area contributed by atoms with Crippen molar-refractivity contribution in [2.75, 3.05) is 6.54 Å². The summed E-state index contributed by atoms with van der Waals surface area (Å²) in [6.07, 6.45) is 16.3. The van der Waals surface area contributed by atoms with Crippen molar-refractivity contribution in [1.29, 1.82) is 0 Å². The van der Waals surface area contributed by atoms with Crippen molar-refractivity contribution in [3.63, 3.8) is 0 Å². The Kier molecular flexibility index (Phi) is 8.66. The Balaban J connectivity index is 1.46. The zero-order valence-electron chi connectivity index (χ0n) is 20.3. The Hall–Kier alpha value is -3.03. The number of Topliss-reactive ketones (excluding diaryl/α,β-unsaturated/α-hetero) is 1. The number of rotatable bonds is 10. The van der Waals surface area contributed by atoms with Crippen LogP contribution in [0.5, 0.6) is 0 Å². The Morgan fingerprint density at radius 3 is 2.40 bits per heavy atom. The van der Waals surface area contributed by atoms with E-state index in [1.165, 1.54) is 44.7 Å². The fraction of sp³-hybridized carbons (Fsp3) is 0.556. The van der Waals surface area contributed by atoms with Gasteiger partial charge >= 0.3 is 0 Å². The molecule has 187 valence electrons. The van der Waals surface area contributed by atoms with Gasteiger partial charge in [-0.2, -0.15) is 0 Å². The Morgan fingerprint density at radius 1 is 1.03 bits per heavy atom. The maximum Gasteiger partial charge on any atom is 0.268 e. The lowest BCUT2D eigenvalue weighted by Gasteiger charge is -2.21. The molecule has 2 heterocycles. The highest BCUT2D eigenvalue weighted by molar-refractivity contribution is 6.00. The number of hydrogen-bond acceptors (Lipinski definition) is 6. The van der Waals surface area contributed by atoms with Gasteiger partial charge in [-0.1, -0.05) is 64.2 Å². The monoisotopic (exact) mass is 479 g/mol. The SMILES string of the molecule is NC(=O)c1ncccc1-c1nc(CC2CCCCC2)c(C(=O)CNC(=O)[CH]CC2CCCCC2)o1. The van der Waals surface area contributed by atoms with Crippen molar-refractivity contribution in [3.05, 3.63) is 41.9 Å². The van der Waals surface area contributed by atoms with Crippen LogP contribution >= 0.6 is 0 Å². The van der Waals surface area contributed by atoms with Crippen LogP contribution in [0.1, 0.15) is 97.4 Å². The summed E-state index contributed by atoms with van der Waals surface area (Å²) in [6.45, 7) is -0.165. The second-order valence-electron chi connectivity index (χ2n) is 9.85. The fourth-order valence-electron chi connectivity index (χ4n) is 5.28. The molecule has 35 heavy (non-hydrogen) atoms. The van der Waals surface area contributed by atoms with Crippen molar-refractivity contribution in [2.24, 2.45) is 17.6 Å². The van der Waals surface area contributed by atoms with Gasteiger partial charge in [0.25, 0.3) is 5.91 Å². The molecule has 0 bridgehead atoms. The number of primary amides is 1. The van der Waals surface area contributed by atoms with Crippen LogP contribution in [-0.2, 0) is 11.2 Å². The normalized spacial score (nSPS) is 17.3. The van der Waals surface area contributed by atoms with E-state index in [0.717, 1.165) is 32.1 Å². The van der Waals surface area contributed by atoms with Gasteiger partial charge in [0.1, 0.15) is 5.69 Å². The summed E-state index contributed by atoms with van der Waals surface area (Å²) < 4.78 is 5.91. The van der Waals surface area contributed by atoms with E-state index in [1.54, 1.807) is 18.6 Å². The van der Waals surface area contributed by atoms with E-state index in [-0.39, 0.29) is 35.6 Å². The predicted molar refractivity (Wildman–Crippen MR) is 131 cm³/mol. The third kappa shape index (κ3) is 6.77. The van der Waals surface area contributed by atoms with Gasteiger partial charge in [-0.25, -0.2) is 4.98 Å². The molecule has 8 nitrogen and oxygen atoms in total. The number of nitrogens with two attached hydrogens (primary N) is 1. The first-order valence-corrected chi connectivity index (χ1v) is 12.9. The zero-order chi connectivity index (χ0) is 24.6. The molecule has 8 heteroatoms. The summed E-state index contributed by atoms with van der Waals surface area (Å²) in [5, 5.41) is 2.71. The minimum Gasteiger partial charge on any atom is -0.433 e. The molecule has 2 aliphatic rings. The summed E-state index contributed by atoms with van der Waals surface area (Å²) >= 11 is 0. The van der Waals surface area contributed by atoms with E-state index in [1.807, 2.05) is 0 Å². The smallest absolute Gasteiger partial charge is 0.268 e. The lowest BCUT2D eigenvalue weighted by molar-refractivity contribution is -0.118. The van der Waals surface area contributed by atoms with Crippen LogP contribution in [0.4, 0.5) is 0 Å². The molecule has 2 aromatic heterocycles. The summed E-state index contributed by atoms with van der Waals surface area (Å²) in [5.74, 6) is 0.00782. The van der Waals surface area contributed by atoms with Crippen molar-refractivity contribution in [3.8, 4) is 11.5 Å². The summed E-state index contributed by atoms with van der Waals surface area (Å²) in [7, 11) is 0. The molecule has 2 saturated carbocycles. The quantitative estimate of drug-likeness (QED) is 0.485. The van der Waals surface area contributed by atoms with Gasteiger partial charge < -0.3 is 15.5 Å².